The minimum Gasteiger partial charge on any atom is -0.308 e. The summed E-state index contributed by atoms with van der Waals surface area (Å²) in [5, 5.41) is 3.52. The first-order valence-electron chi connectivity index (χ1n) is 14.6. The van der Waals surface area contributed by atoms with Gasteiger partial charge in [0.05, 0.1) is 50.9 Å². The van der Waals surface area contributed by atoms with Gasteiger partial charge < -0.3 is 4.57 Å². The molecular weight excluding hydrogens is 540 g/mol. The lowest BCUT2D eigenvalue weighted by molar-refractivity contribution is 1.08. The summed E-state index contributed by atoms with van der Waals surface area (Å²) in [4.78, 5) is 19.2. The molecule has 0 saturated carbocycles. The quantitative estimate of drug-likeness (QED) is 0.214. The molecule has 9 aromatic rings. The highest BCUT2D eigenvalue weighted by Crippen LogP contribution is 2.33. The summed E-state index contributed by atoms with van der Waals surface area (Å²) < 4.78 is 4.44. The Kier molecular flexibility index (Phi) is 5.40. The van der Waals surface area contributed by atoms with Gasteiger partial charge >= 0.3 is 0 Å². The molecule has 0 atom stereocenters. The smallest absolute Gasteiger partial charge is 0.138 e. The van der Waals surface area contributed by atoms with E-state index in [-0.39, 0.29) is 0 Å². The van der Waals surface area contributed by atoms with Crippen LogP contribution in [0.25, 0.3) is 77.9 Å². The van der Waals surface area contributed by atoms with E-state index in [0.717, 1.165) is 67.1 Å². The molecule has 6 aromatic heterocycles. The summed E-state index contributed by atoms with van der Waals surface area (Å²) in [6, 6.07) is 43.7. The van der Waals surface area contributed by atoms with Gasteiger partial charge in [0.1, 0.15) is 5.82 Å². The molecule has 0 saturated heterocycles. The van der Waals surface area contributed by atoms with Gasteiger partial charge in [0, 0.05) is 39.8 Å². The Hall–Kier alpha value is -6.14. The van der Waals surface area contributed by atoms with Crippen molar-refractivity contribution in [2.24, 2.45) is 0 Å². The highest BCUT2D eigenvalue weighted by Gasteiger charge is 2.15. The fourth-order valence-electron chi connectivity index (χ4n) is 6.34. The predicted molar refractivity (Wildman–Crippen MR) is 177 cm³/mol. The Morgan fingerprint density at radius 3 is 1.98 bits per heavy atom. The molecule has 0 unspecified atom stereocenters. The molecular formula is C38H24N6. The normalized spacial score (nSPS) is 11.6. The Morgan fingerprint density at radius 2 is 1.11 bits per heavy atom. The van der Waals surface area contributed by atoms with Crippen LogP contribution in [0.1, 0.15) is 0 Å². The molecule has 6 heterocycles. The third kappa shape index (κ3) is 3.75. The van der Waals surface area contributed by atoms with Crippen LogP contribution in [-0.2, 0) is 0 Å². The maximum atomic E-state index is 5.09. The van der Waals surface area contributed by atoms with Crippen LogP contribution in [0.5, 0.6) is 0 Å². The molecule has 0 N–H and O–H groups in total. The van der Waals surface area contributed by atoms with Crippen molar-refractivity contribution in [3.05, 3.63) is 146 Å². The third-order valence-electron chi connectivity index (χ3n) is 8.30. The first-order valence-corrected chi connectivity index (χ1v) is 14.6. The van der Waals surface area contributed by atoms with Gasteiger partial charge in [0.2, 0.25) is 0 Å². The Balaban J connectivity index is 1.11. The number of hydrogen-bond donors (Lipinski definition) is 0. The van der Waals surface area contributed by atoms with Gasteiger partial charge in [-0.3, -0.25) is 14.5 Å². The zero-order chi connectivity index (χ0) is 29.0. The molecule has 0 amide bonds. The zero-order valence-corrected chi connectivity index (χ0v) is 23.5. The summed E-state index contributed by atoms with van der Waals surface area (Å²) in [7, 11) is 0. The summed E-state index contributed by atoms with van der Waals surface area (Å²) in [6.07, 6.45) is 5.63. The molecule has 44 heavy (non-hydrogen) atoms. The number of aromatic nitrogens is 6. The first-order chi connectivity index (χ1) is 21.8. The van der Waals surface area contributed by atoms with Crippen molar-refractivity contribution in [1.82, 2.24) is 29.1 Å². The van der Waals surface area contributed by atoms with Gasteiger partial charge in [-0.05, 0) is 66.7 Å². The van der Waals surface area contributed by atoms with Crippen LogP contribution in [0.4, 0.5) is 0 Å². The van der Waals surface area contributed by atoms with Gasteiger partial charge in [0.15, 0.2) is 0 Å². The molecule has 0 aliphatic heterocycles. The summed E-state index contributed by atoms with van der Waals surface area (Å²) in [5.74, 6) is 0.832. The lowest BCUT2D eigenvalue weighted by Gasteiger charge is -2.10. The van der Waals surface area contributed by atoms with Crippen molar-refractivity contribution in [2.75, 3.05) is 0 Å². The number of rotatable bonds is 4. The monoisotopic (exact) mass is 564 g/mol. The maximum Gasteiger partial charge on any atom is 0.138 e. The van der Waals surface area contributed by atoms with Crippen LogP contribution in [0, 0.1) is 0 Å². The molecule has 6 heteroatoms. The van der Waals surface area contributed by atoms with E-state index < -0.39 is 0 Å². The fourth-order valence-corrected chi connectivity index (χ4v) is 6.34. The molecule has 206 valence electrons. The second-order valence-corrected chi connectivity index (χ2v) is 10.8. The molecule has 0 spiro atoms. The van der Waals surface area contributed by atoms with Crippen molar-refractivity contribution in [3.8, 4) is 34.2 Å². The van der Waals surface area contributed by atoms with Gasteiger partial charge in [-0.15, -0.1) is 0 Å². The molecule has 6 nitrogen and oxygen atoms in total. The van der Waals surface area contributed by atoms with E-state index >= 15 is 0 Å². The van der Waals surface area contributed by atoms with Crippen molar-refractivity contribution in [1.29, 1.82) is 0 Å². The van der Waals surface area contributed by atoms with Crippen LogP contribution in [-0.4, -0.2) is 29.1 Å². The summed E-state index contributed by atoms with van der Waals surface area (Å²) >= 11 is 0. The van der Waals surface area contributed by atoms with Crippen LogP contribution in [0.15, 0.2) is 146 Å². The van der Waals surface area contributed by atoms with E-state index in [2.05, 4.69) is 98.0 Å². The molecule has 0 aliphatic carbocycles. The highest BCUT2D eigenvalue weighted by molar-refractivity contribution is 6.09. The van der Waals surface area contributed by atoms with Crippen LogP contribution >= 0.6 is 0 Å². The van der Waals surface area contributed by atoms with Gasteiger partial charge in [0.25, 0.3) is 0 Å². The van der Waals surface area contributed by atoms with Gasteiger partial charge in [-0.1, -0.05) is 60.7 Å². The number of para-hydroxylation sites is 2. The topological polar surface area (TPSA) is 61.4 Å². The van der Waals surface area contributed by atoms with Gasteiger partial charge in [-0.2, -0.15) is 0 Å². The molecule has 3 aromatic carbocycles. The fraction of sp³-hybridized carbons (Fsp3) is 0. The average molecular weight is 565 g/mol. The Morgan fingerprint density at radius 1 is 0.432 bits per heavy atom. The maximum absolute atomic E-state index is 5.09. The second-order valence-electron chi connectivity index (χ2n) is 10.8. The number of hydrogen-bond acceptors (Lipinski definition) is 4. The number of fused-ring (bicyclic) bond motifs is 6. The van der Waals surface area contributed by atoms with Crippen LogP contribution in [0.2, 0.25) is 0 Å². The molecule has 0 aliphatic rings. The summed E-state index contributed by atoms with van der Waals surface area (Å²) in [6.45, 7) is 0. The molecule has 0 fully saturated rings. The minimum absolute atomic E-state index is 0.813. The standard InChI is InChI=1S/C38H24N6/c1-3-13-33-27(8-1)28-21-23-39-24-36(28)43(33)26-19-17-25(18-20-26)30-10-5-11-31(41-30)32-12-6-16-37(42-32)44-34-14-4-2-9-29(34)38-35(44)15-7-22-40-38/h1-24H. The van der Waals surface area contributed by atoms with Crippen LogP contribution < -0.4 is 0 Å². The van der Waals surface area contributed by atoms with E-state index in [9.17, 15) is 0 Å². The first kappa shape index (κ1) is 24.5. The van der Waals surface area contributed by atoms with Crippen LogP contribution in [0.3, 0.4) is 0 Å². The number of pyridine rings is 4. The zero-order valence-electron chi connectivity index (χ0n) is 23.5. The van der Waals surface area contributed by atoms with E-state index in [1.807, 2.05) is 67.1 Å². The van der Waals surface area contributed by atoms with Crippen molar-refractivity contribution < 1.29 is 0 Å². The van der Waals surface area contributed by atoms with Gasteiger partial charge in [-0.25, -0.2) is 9.97 Å². The lowest BCUT2D eigenvalue weighted by atomic mass is 10.1. The SMILES string of the molecule is c1cc(-c2ccc(-n3c4ccccc4c4ccncc43)cc2)nc(-c2cccc(-n3c4ccccc4c4ncccc43)n2)c1. The van der Waals surface area contributed by atoms with E-state index in [1.54, 1.807) is 0 Å². The molecule has 9 rings (SSSR count). The lowest BCUT2D eigenvalue weighted by Crippen LogP contribution is -1.99. The molecule has 0 bridgehead atoms. The largest absolute Gasteiger partial charge is 0.308 e. The Bertz CT molecular complexity index is 2400. The van der Waals surface area contributed by atoms with Crippen molar-refractivity contribution >= 4 is 43.7 Å². The average Bonchev–Trinajstić information content (AvgIpc) is 3.62. The van der Waals surface area contributed by atoms with Crippen molar-refractivity contribution in [3.63, 3.8) is 0 Å². The van der Waals surface area contributed by atoms with E-state index in [0.29, 0.717) is 0 Å². The predicted octanol–water partition coefficient (Wildman–Crippen LogP) is 8.79. The second kappa shape index (κ2) is 9.71. The van der Waals surface area contributed by atoms with E-state index in [4.69, 9.17) is 9.97 Å². The summed E-state index contributed by atoms with van der Waals surface area (Å²) in [5.41, 5.74) is 9.97. The minimum atomic E-state index is 0.813. The third-order valence-corrected chi connectivity index (χ3v) is 8.30. The number of nitrogens with zero attached hydrogens (tertiary/aromatic N) is 6. The Labute approximate surface area is 252 Å². The number of benzene rings is 3. The van der Waals surface area contributed by atoms with Crippen molar-refractivity contribution in [2.45, 2.75) is 0 Å². The highest BCUT2D eigenvalue weighted by atomic mass is 15.1. The van der Waals surface area contributed by atoms with E-state index in [1.165, 1.54) is 10.8 Å². The molecule has 0 radical (unpaired) electrons.